The number of hydrogen-bond acceptors (Lipinski definition) is 0. The number of para-hydroxylation sites is 1. The summed E-state index contributed by atoms with van der Waals surface area (Å²) in [5, 5.41) is 0. The molecule has 3 rings (SSSR count). The van der Waals surface area contributed by atoms with Gasteiger partial charge in [-0.15, -0.1) is 0 Å². The SMILES string of the molecule is Cc1cc(-c2ccccc2)c(C)n1-c1ccccc1. The first-order valence-corrected chi connectivity index (χ1v) is 6.57. The summed E-state index contributed by atoms with van der Waals surface area (Å²) in [4.78, 5) is 0. The van der Waals surface area contributed by atoms with Crippen LogP contribution in [0.15, 0.2) is 66.7 Å². The molecule has 1 heteroatoms. The minimum Gasteiger partial charge on any atom is -0.318 e. The van der Waals surface area contributed by atoms with E-state index in [0.29, 0.717) is 0 Å². The average Bonchev–Trinajstić information content (AvgIpc) is 2.76. The van der Waals surface area contributed by atoms with Crippen molar-refractivity contribution in [3.63, 3.8) is 0 Å². The predicted molar refractivity (Wildman–Crippen MR) is 80.7 cm³/mol. The van der Waals surface area contributed by atoms with Crippen molar-refractivity contribution < 1.29 is 0 Å². The summed E-state index contributed by atoms with van der Waals surface area (Å²) in [6.07, 6.45) is 0. The highest BCUT2D eigenvalue weighted by molar-refractivity contribution is 5.68. The maximum absolute atomic E-state index is 2.31. The van der Waals surface area contributed by atoms with Crippen molar-refractivity contribution in [1.82, 2.24) is 4.57 Å². The summed E-state index contributed by atoms with van der Waals surface area (Å²) in [6.45, 7) is 4.34. The van der Waals surface area contributed by atoms with Gasteiger partial charge in [0.1, 0.15) is 0 Å². The van der Waals surface area contributed by atoms with E-state index in [1.807, 2.05) is 0 Å². The Balaban J connectivity index is 2.17. The standard InChI is InChI=1S/C18H17N/c1-14-13-18(16-9-5-3-6-10-16)15(2)19(14)17-11-7-4-8-12-17/h3-13H,1-2H3. The fraction of sp³-hybridized carbons (Fsp3) is 0.111. The second-order valence-electron chi connectivity index (χ2n) is 4.82. The quantitative estimate of drug-likeness (QED) is 0.615. The van der Waals surface area contributed by atoms with Gasteiger partial charge in [0.2, 0.25) is 0 Å². The molecule has 0 fully saturated rings. The Labute approximate surface area is 114 Å². The number of benzene rings is 2. The van der Waals surface area contributed by atoms with E-state index >= 15 is 0 Å². The average molecular weight is 247 g/mol. The second-order valence-corrected chi connectivity index (χ2v) is 4.82. The van der Waals surface area contributed by atoms with Crippen molar-refractivity contribution in [2.75, 3.05) is 0 Å². The molecule has 0 radical (unpaired) electrons. The molecule has 1 nitrogen and oxygen atoms in total. The highest BCUT2D eigenvalue weighted by Gasteiger charge is 2.11. The molecule has 0 aliphatic rings. The van der Waals surface area contributed by atoms with Crippen molar-refractivity contribution in [3.8, 4) is 16.8 Å². The zero-order valence-corrected chi connectivity index (χ0v) is 11.3. The van der Waals surface area contributed by atoms with E-state index in [9.17, 15) is 0 Å². The van der Waals surface area contributed by atoms with Crippen LogP contribution in [-0.4, -0.2) is 4.57 Å². The molecule has 0 amide bonds. The largest absolute Gasteiger partial charge is 0.318 e. The lowest BCUT2D eigenvalue weighted by atomic mass is 10.1. The monoisotopic (exact) mass is 247 g/mol. The second kappa shape index (κ2) is 4.77. The fourth-order valence-corrected chi connectivity index (χ4v) is 2.65. The third-order valence-corrected chi connectivity index (χ3v) is 3.53. The van der Waals surface area contributed by atoms with Crippen LogP contribution in [0.5, 0.6) is 0 Å². The van der Waals surface area contributed by atoms with Crippen molar-refractivity contribution in [2.45, 2.75) is 13.8 Å². The van der Waals surface area contributed by atoms with Gasteiger partial charge in [0, 0.05) is 22.6 Å². The first-order chi connectivity index (χ1) is 9.27. The topological polar surface area (TPSA) is 4.93 Å². The van der Waals surface area contributed by atoms with E-state index in [-0.39, 0.29) is 0 Å². The van der Waals surface area contributed by atoms with Gasteiger partial charge in [-0.3, -0.25) is 0 Å². The Kier molecular flexibility index (Phi) is 2.96. The van der Waals surface area contributed by atoms with Gasteiger partial charge < -0.3 is 4.57 Å². The molecule has 0 spiro atoms. The lowest BCUT2D eigenvalue weighted by Crippen LogP contribution is -1.98. The first kappa shape index (κ1) is 11.8. The number of aryl methyl sites for hydroxylation is 1. The highest BCUT2D eigenvalue weighted by Crippen LogP contribution is 2.28. The Bertz CT molecular complexity index is 678. The van der Waals surface area contributed by atoms with Crippen LogP contribution in [-0.2, 0) is 0 Å². The minimum absolute atomic E-state index is 1.22. The number of hydrogen-bond donors (Lipinski definition) is 0. The Morgan fingerprint density at radius 3 is 1.95 bits per heavy atom. The molecule has 1 aromatic heterocycles. The van der Waals surface area contributed by atoms with Gasteiger partial charge >= 0.3 is 0 Å². The molecular weight excluding hydrogens is 230 g/mol. The Morgan fingerprint density at radius 2 is 1.32 bits per heavy atom. The number of rotatable bonds is 2. The summed E-state index contributed by atoms with van der Waals surface area (Å²) < 4.78 is 2.31. The van der Waals surface area contributed by atoms with Crippen molar-refractivity contribution in [3.05, 3.63) is 78.1 Å². The van der Waals surface area contributed by atoms with E-state index in [2.05, 4.69) is 85.1 Å². The van der Waals surface area contributed by atoms with Gasteiger partial charge in [0.15, 0.2) is 0 Å². The van der Waals surface area contributed by atoms with Crippen molar-refractivity contribution >= 4 is 0 Å². The molecule has 0 atom stereocenters. The van der Waals surface area contributed by atoms with Crippen LogP contribution < -0.4 is 0 Å². The van der Waals surface area contributed by atoms with E-state index in [0.717, 1.165) is 0 Å². The molecule has 0 saturated carbocycles. The number of aromatic nitrogens is 1. The highest BCUT2D eigenvalue weighted by atomic mass is 15.0. The van der Waals surface area contributed by atoms with Crippen LogP contribution in [0.2, 0.25) is 0 Å². The van der Waals surface area contributed by atoms with Crippen LogP contribution in [0.25, 0.3) is 16.8 Å². The van der Waals surface area contributed by atoms with Crippen LogP contribution >= 0.6 is 0 Å². The first-order valence-electron chi connectivity index (χ1n) is 6.57. The molecular formula is C18H17N. The zero-order valence-electron chi connectivity index (χ0n) is 11.3. The maximum atomic E-state index is 2.31. The fourth-order valence-electron chi connectivity index (χ4n) is 2.65. The molecule has 0 aliphatic heterocycles. The van der Waals surface area contributed by atoms with Gasteiger partial charge in [0.05, 0.1) is 0 Å². The molecule has 2 aromatic carbocycles. The molecule has 0 aliphatic carbocycles. The van der Waals surface area contributed by atoms with E-state index in [1.165, 1.54) is 28.2 Å². The lowest BCUT2D eigenvalue weighted by Gasteiger charge is -2.09. The molecule has 0 saturated heterocycles. The summed E-state index contributed by atoms with van der Waals surface area (Å²) in [7, 11) is 0. The molecule has 3 aromatic rings. The van der Waals surface area contributed by atoms with Crippen molar-refractivity contribution in [1.29, 1.82) is 0 Å². The summed E-state index contributed by atoms with van der Waals surface area (Å²) in [6, 6.07) is 23.3. The molecule has 94 valence electrons. The van der Waals surface area contributed by atoms with E-state index in [1.54, 1.807) is 0 Å². The zero-order chi connectivity index (χ0) is 13.2. The molecule has 19 heavy (non-hydrogen) atoms. The molecule has 0 N–H and O–H groups in total. The smallest absolute Gasteiger partial charge is 0.0455 e. The normalized spacial score (nSPS) is 10.6. The molecule has 0 bridgehead atoms. The van der Waals surface area contributed by atoms with Crippen molar-refractivity contribution in [2.24, 2.45) is 0 Å². The van der Waals surface area contributed by atoms with Gasteiger partial charge in [-0.25, -0.2) is 0 Å². The van der Waals surface area contributed by atoms with Gasteiger partial charge in [-0.05, 0) is 37.6 Å². The third kappa shape index (κ3) is 2.08. The van der Waals surface area contributed by atoms with Gasteiger partial charge in [0.25, 0.3) is 0 Å². The van der Waals surface area contributed by atoms with Crippen LogP contribution in [0.1, 0.15) is 11.4 Å². The van der Waals surface area contributed by atoms with Gasteiger partial charge in [-0.2, -0.15) is 0 Å². The summed E-state index contributed by atoms with van der Waals surface area (Å²) in [5.74, 6) is 0. The van der Waals surface area contributed by atoms with Crippen LogP contribution in [0, 0.1) is 13.8 Å². The maximum Gasteiger partial charge on any atom is 0.0455 e. The lowest BCUT2D eigenvalue weighted by molar-refractivity contribution is 0.967. The predicted octanol–water partition coefficient (Wildman–Crippen LogP) is 4.76. The summed E-state index contributed by atoms with van der Waals surface area (Å²) in [5.41, 5.74) is 6.36. The molecule has 0 unspecified atom stereocenters. The van der Waals surface area contributed by atoms with Gasteiger partial charge in [-0.1, -0.05) is 48.5 Å². The summed E-state index contributed by atoms with van der Waals surface area (Å²) >= 11 is 0. The van der Waals surface area contributed by atoms with Crippen LogP contribution in [0.4, 0.5) is 0 Å². The Hall–Kier alpha value is -2.28. The van der Waals surface area contributed by atoms with E-state index in [4.69, 9.17) is 0 Å². The minimum atomic E-state index is 1.22. The molecule has 1 heterocycles. The number of nitrogens with zero attached hydrogens (tertiary/aromatic N) is 1. The van der Waals surface area contributed by atoms with Crippen LogP contribution in [0.3, 0.4) is 0 Å². The third-order valence-electron chi connectivity index (χ3n) is 3.53. The van der Waals surface area contributed by atoms with E-state index < -0.39 is 0 Å². The Morgan fingerprint density at radius 1 is 0.737 bits per heavy atom.